The Morgan fingerprint density at radius 3 is 2.90 bits per heavy atom. The fourth-order valence-corrected chi connectivity index (χ4v) is 3.11. The Morgan fingerprint density at radius 1 is 1.30 bits per heavy atom. The first-order chi connectivity index (χ1) is 9.70. The van der Waals surface area contributed by atoms with Crippen molar-refractivity contribution in [3.05, 3.63) is 34.9 Å². The Balaban J connectivity index is 1.89. The summed E-state index contributed by atoms with van der Waals surface area (Å²) < 4.78 is 0. The van der Waals surface area contributed by atoms with Crippen molar-refractivity contribution in [3.63, 3.8) is 0 Å². The largest absolute Gasteiger partial charge is 0.395 e. The van der Waals surface area contributed by atoms with Crippen LogP contribution >= 0.6 is 11.6 Å². The summed E-state index contributed by atoms with van der Waals surface area (Å²) in [5, 5.41) is 20.4. The maximum atomic E-state index is 10.3. The van der Waals surface area contributed by atoms with Gasteiger partial charge in [0.1, 0.15) is 0 Å². The third kappa shape index (κ3) is 4.45. The summed E-state index contributed by atoms with van der Waals surface area (Å²) in [5.41, 5.74) is 0.868. The van der Waals surface area contributed by atoms with E-state index in [1.807, 2.05) is 24.3 Å². The third-order valence-corrected chi connectivity index (χ3v) is 4.37. The van der Waals surface area contributed by atoms with Crippen LogP contribution in [0, 0.1) is 0 Å². The first kappa shape index (κ1) is 15.8. The molecule has 2 unspecified atom stereocenters. The van der Waals surface area contributed by atoms with Gasteiger partial charge in [-0.05, 0) is 43.5 Å². The first-order valence-electron chi connectivity index (χ1n) is 7.49. The minimum absolute atomic E-state index is 0.216. The highest BCUT2D eigenvalue weighted by Crippen LogP contribution is 2.22. The van der Waals surface area contributed by atoms with Crippen LogP contribution in [0.5, 0.6) is 0 Å². The number of nitrogens with zero attached hydrogens (tertiary/aromatic N) is 1. The lowest BCUT2D eigenvalue weighted by molar-refractivity contribution is 0.0947. The number of benzene rings is 1. The van der Waals surface area contributed by atoms with Gasteiger partial charge in [0.05, 0.1) is 12.7 Å². The molecule has 112 valence electrons. The molecule has 1 aromatic rings. The Labute approximate surface area is 126 Å². The second-order valence-electron chi connectivity index (χ2n) is 5.58. The van der Waals surface area contributed by atoms with Crippen molar-refractivity contribution < 1.29 is 10.2 Å². The van der Waals surface area contributed by atoms with Crippen molar-refractivity contribution in [3.8, 4) is 0 Å². The molecular formula is C16H24ClNO2. The van der Waals surface area contributed by atoms with Crippen LogP contribution < -0.4 is 0 Å². The predicted octanol–water partition coefficient (Wildman–Crippen LogP) is 3.00. The molecular weight excluding hydrogens is 274 g/mol. The molecule has 2 rings (SSSR count). The van der Waals surface area contributed by atoms with E-state index in [4.69, 9.17) is 11.6 Å². The molecule has 0 aromatic heterocycles. The molecule has 2 N–H and O–H groups in total. The van der Waals surface area contributed by atoms with Crippen LogP contribution in [-0.2, 0) is 0 Å². The Kier molecular flexibility index (Phi) is 6.30. The topological polar surface area (TPSA) is 43.7 Å². The van der Waals surface area contributed by atoms with Gasteiger partial charge in [-0.2, -0.15) is 0 Å². The van der Waals surface area contributed by atoms with Crippen LogP contribution in [0.2, 0.25) is 5.02 Å². The molecule has 3 nitrogen and oxygen atoms in total. The van der Waals surface area contributed by atoms with Crippen molar-refractivity contribution in [1.82, 2.24) is 4.90 Å². The summed E-state index contributed by atoms with van der Waals surface area (Å²) in [6, 6.07) is 7.65. The zero-order chi connectivity index (χ0) is 14.4. The van der Waals surface area contributed by atoms with Crippen molar-refractivity contribution in [1.29, 1.82) is 0 Å². The Hall–Kier alpha value is -0.610. The van der Waals surface area contributed by atoms with Gasteiger partial charge in [-0.25, -0.2) is 0 Å². The van der Waals surface area contributed by atoms with E-state index in [9.17, 15) is 10.2 Å². The highest BCUT2D eigenvalue weighted by atomic mass is 35.5. The van der Waals surface area contributed by atoms with Gasteiger partial charge in [-0.1, -0.05) is 36.6 Å². The van der Waals surface area contributed by atoms with Gasteiger partial charge in [0.15, 0.2) is 0 Å². The van der Waals surface area contributed by atoms with Gasteiger partial charge < -0.3 is 10.2 Å². The monoisotopic (exact) mass is 297 g/mol. The number of halogens is 1. The normalized spacial score (nSPS) is 22.4. The molecule has 0 radical (unpaired) electrons. The molecule has 1 saturated heterocycles. The van der Waals surface area contributed by atoms with E-state index in [0.29, 0.717) is 11.4 Å². The zero-order valence-electron chi connectivity index (χ0n) is 11.8. The summed E-state index contributed by atoms with van der Waals surface area (Å²) in [6.45, 7) is 2.06. The standard InChI is InChI=1S/C16H24ClNO2/c17-14-6-4-5-13(11-14)16(20)8-10-18-9-3-1-2-7-15(18)12-19/h4-6,11,15-16,19-20H,1-3,7-10,12H2. The van der Waals surface area contributed by atoms with Gasteiger partial charge in [0.25, 0.3) is 0 Å². The molecule has 1 fully saturated rings. The molecule has 0 bridgehead atoms. The molecule has 0 aliphatic carbocycles. The lowest BCUT2D eigenvalue weighted by Gasteiger charge is -2.29. The summed E-state index contributed by atoms with van der Waals surface area (Å²) in [5.74, 6) is 0. The highest BCUT2D eigenvalue weighted by Gasteiger charge is 2.21. The lowest BCUT2D eigenvalue weighted by atomic mass is 10.1. The van der Waals surface area contributed by atoms with E-state index in [-0.39, 0.29) is 12.6 Å². The van der Waals surface area contributed by atoms with E-state index in [1.165, 1.54) is 19.3 Å². The van der Waals surface area contributed by atoms with Crippen LogP contribution in [0.3, 0.4) is 0 Å². The molecule has 20 heavy (non-hydrogen) atoms. The van der Waals surface area contributed by atoms with E-state index < -0.39 is 6.10 Å². The van der Waals surface area contributed by atoms with Crippen molar-refractivity contribution in [2.45, 2.75) is 44.2 Å². The average molecular weight is 298 g/mol. The fraction of sp³-hybridized carbons (Fsp3) is 0.625. The maximum Gasteiger partial charge on any atom is 0.0802 e. The second kappa shape index (κ2) is 7.99. The summed E-state index contributed by atoms with van der Waals surface area (Å²) >= 11 is 5.95. The number of aliphatic hydroxyl groups excluding tert-OH is 2. The van der Waals surface area contributed by atoms with E-state index in [0.717, 1.165) is 25.1 Å². The van der Waals surface area contributed by atoms with Crippen LogP contribution in [0.1, 0.15) is 43.8 Å². The minimum Gasteiger partial charge on any atom is -0.395 e. The molecule has 1 aliphatic heterocycles. The van der Waals surface area contributed by atoms with Gasteiger partial charge in [-0.15, -0.1) is 0 Å². The number of likely N-dealkylation sites (tertiary alicyclic amines) is 1. The SMILES string of the molecule is OCC1CCCCCN1CCC(O)c1cccc(Cl)c1. The highest BCUT2D eigenvalue weighted by molar-refractivity contribution is 6.30. The van der Waals surface area contributed by atoms with Crippen molar-refractivity contribution in [2.24, 2.45) is 0 Å². The summed E-state index contributed by atoms with van der Waals surface area (Å²) in [4.78, 5) is 2.32. The average Bonchev–Trinajstić information content (AvgIpc) is 2.69. The Morgan fingerprint density at radius 2 is 2.15 bits per heavy atom. The molecule has 1 aliphatic rings. The first-order valence-corrected chi connectivity index (χ1v) is 7.87. The third-order valence-electron chi connectivity index (χ3n) is 4.13. The van der Waals surface area contributed by atoms with Crippen LogP contribution in [-0.4, -0.2) is 40.9 Å². The predicted molar refractivity (Wildman–Crippen MR) is 81.9 cm³/mol. The molecule has 4 heteroatoms. The van der Waals surface area contributed by atoms with Crippen LogP contribution in [0.25, 0.3) is 0 Å². The summed E-state index contributed by atoms with van der Waals surface area (Å²) in [6.07, 6.45) is 4.86. The number of aliphatic hydroxyl groups is 2. The van der Waals surface area contributed by atoms with E-state index >= 15 is 0 Å². The fourth-order valence-electron chi connectivity index (χ4n) is 2.91. The molecule has 0 spiro atoms. The number of rotatable bonds is 5. The molecule has 2 atom stereocenters. The smallest absolute Gasteiger partial charge is 0.0802 e. The van der Waals surface area contributed by atoms with E-state index in [2.05, 4.69) is 4.90 Å². The van der Waals surface area contributed by atoms with Gasteiger partial charge in [-0.3, -0.25) is 4.90 Å². The maximum absolute atomic E-state index is 10.3. The zero-order valence-corrected chi connectivity index (χ0v) is 12.6. The Bertz CT molecular complexity index is 413. The van der Waals surface area contributed by atoms with Gasteiger partial charge in [0.2, 0.25) is 0 Å². The quantitative estimate of drug-likeness (QED) is 0.878. The van der Waals surface area contributed by atoms with Gasteiger partial charge in [0, 0.05) is 17.6 Å². The minimum atomic E-state index is -0.490. The van der Waals surface area contributed by atoms with Gasteiger partial charge >= 0.3 is 0 Å². The molecule has 1 aromatic carbocycles. The van der Waals surface area contributed by atoms with Crippen LogP contribution in [0.4, 0.5) is 0 Å². The summed E-state index contributed by atoms with van der Waals surface area (Å²) in [7, 11) is 0. The van der Waals surface area contributed by atoms with Crippen molar-refractivity contribution in [2.75, 3.05) is 19.7 Å². The van der Waals surface area contributed by atoms with E-state index in [1.54, 1.807) is 0 Å². The van der Waals surface area contributed by atoms with Crippen LogP contribution in [0.15, 0.2) is 24.3 Å². The number of hydrogen-bond donors (Lipinski definition) is 2. The molecule has 1 heterocycles. The molecule has 0 saturated carbocycles. The van der Waals surface area contributed by atoms with Crippen molar-refractivity contribution >= 4 is 11.6 Å². The lowest BCUT2D eigenvalue weighted by Crippen LogP contribution is -2.38. The molecule has 0 amide bonds. The second-order valence-corrected chi connectivity index (χ2v) is 6.02. The number of hydrogen-bond acceptors (Lipinski definition) is 3.